The largest absolute Gasteiger partial charge is 0.312 e. The normalized spacial score (nSPS) is 12.7. The van der Waals surface area contributed by atoms with Gasteiger partial charge < -0.3 is 5.32 Å². The second-order valence-electron chi connectivity index (χ2n) is 4.60. The molecular formula is C16H16N2S. The highest BCUT2D eigenvalue weighted by atomic mass is 32.1. The van der Waals surface area contributed by atoms with E-state index in [1.807, 2.05) is 13.2 Å². The molecule has 0 bridgehead atoms. The molecule has 0 spiro atoms. The number of nitrogens with one attached hydrogen (secondary N) is 1. The van der Waals surface area contributed by atoms with Gasteiger partial charge in [-0.1, -0.05) is 42.5 Å². The molecule has 0 saturated heterocycles. The third-order valence-corrected chi connectivity index (χ3v) is 4.62. The minimum atomic E-state index is 0.348. The predicted molar refractivity (Wildman–Crippen MR) is 82.5 cm³/mol. The SMILES string of the molecule is CNC(C)c1cnc(-c2cccc3ccccc23)s1. The number of hydrogen-bond donors (Lipinski definition) is 1. The van der Waals surface area contributed by atoms with Crippen LogP contribution in [0.5, 0.6) is 0 Å². The fourth-order valence-corrected chi connectivity index (χ4v) is 3.18. The zero-order valence-electron chi connectivity index (χ0n) is 11.1. The van der Waals surface area contributed by atoms with Crippen molar-refractivity contribution in [3.8, 4) is 10.6 Å². The third kappa shape index (κ3) is 2.27. The van der Waals surface area contributed by atoms with E-state index in [-0.39, 0.29) is 0 Å². The van der Waals surface area contributed by atoms with E-state index in [0.717, 1.165) is 5.01 Å². The first-order valence-corrected chi connectivity index (χ1v) is 7.22. The molecule has 3 heteroatoms. The van der Waals surface area contributed by atoms with E-state index < -0.39 is 0 Å². The van der Waals surface area contributed by atoms with E-state index in [2.05, 4.69) is 59.7 Å². The lowest BCUT2D eigenvalue weighted by atomic mass is 10.1. The minimum Gasteiger partial charge on any atom is -0.312 e. The van der Waals surface area contributed by atoms with Crippen LogP contribution >= 0.6 is 11.3 Å². The number of hydrogen-bond acceptors (Lipinski definition) is 3. The van der Waals surface area contributed by atoms with E-state index >= 15 is 0 Å². The van der Waals surface area contributed by atoms with Gasteiger partial charge in [0.25, 0.3) is 0 Å². The summed E-state index contributed by atoms with van der Waals surface area (Å²) in [4.78, 5) is 5.85. The van der Waals surface area contributed by atoms with Gasteiger partial charge in [0.15, 0.2) is 0 Å². The zero-order chi connectivity index (χ0) is 13.2. The maximum Gasteiger partial charge on any atom is 0.124 e. The van der Waals surface area contributed by atoms with Crippen LogP contribution in [0.4, 0.5) is 0 Å². The summed E-state index contributed by atoms with van der Waals surface area (Å²) in [5, 5.41) is 6.87. The van der Waals surface area contributed by atoms with Crippen molar-refractivity contribution >= 4 is 22.1 Å². The highest BCUT2D eigenvalue weighted by Gasteiger charge is 2.11. The predicted octanol–water partition coefficient (Wildman–Crippen LogP) is 4.24. The van der Waals surface area contributed by atoms with E-state index in [1.165, 1.54) is 21.2 Å². The standard InChI is InChI=1S/C16H16N2S/c1-11(17-2)15-10-18-16(19-15)14-9-5-7-12-6-3-4-8-13(12)14/h3-11,17H,1-2H3. The van der Waals surface area contributed by atoms with Crippen LogP contribution in [0, 0.1) is 0 Å². The monoisotopic (exact) mass is 268 g/mol. The second kappa shape index (κ2) is 5.11. The van der Waals surface area contributed by atoms with E-state index in [9.17, 15) is 0 Å². The van der Waals surface area contributed by atoms with Gasteiger partial charge in [-0.2, -0.15) is 0 Å². The molecule has 1 N–H and O–H groups in total. The van der Waals surface area contributed by atoms with Gasteiger partial charge in [-0.15, -0.1) is 11.3 Å². The van der Waals surface area contributed by atoms with Gasteiger partial charge in [-0.25, -0.2) is 4.98 Å². The van der Waals surface area contributed by atoms with Crippen LogP contribution in [0.1, 0.15) is 17.8 Å². The van der Waals surface area contributed by atoms with E-state index in [1.54, 1.807) is 11.3 Å². The Morgan fingerprint density at radius 1 is 1.11 bits per heavy atom. The molecule has 1 heterocycles. The van der Waals surface area contributed by atoms with Crippen molar-refractivity contribution in [3.05, 3.63) is 53.5 Å². The molecule has 0 amide bonds. The number of rotatable bonds is 3. The lowest BCUT2D eigenvalue weighted by Gasteiger charge is -2.05. The maximum absolute atomic E-state index is 4.58. The fourth-order valence-electron chi connectivity index (χ4n) is 2.17. The number of benzene rings is 2. The quantitative estimate of drug-likeness (QED) is 0.768. The molecule has 0 saturated carbocycles. The van der Waals surface area contributed by atoms with E-state index in [4.69, 9.17) is 0 Å². The van der Waals surface area contributed by atoms with E-state index in [0.29, 0.717) is 6.04 Å². The van der Waals surface area contributed by atoms with Crippen LogP contribution < -0.4 is 5.32 Å². The topological polar surface area (TPSA) is 24.9 Å². The van der Waals surface area contributed by atoms with Crippen LogP contribution in [-0.2, 0) is 0 Å². The van der Waals surface area contributed by atoms with Crippen molar-refractivity contribution in [2.75, 3.05) is 7.05 Å². The Bertz CT molecular complexity index is 697. The van der Waals surface area contributed by atoms with Crippen LogP contribution in [0.2, 0.25) is 0 Å². The van der Waals surface area contributed by atoms with Crippen molar-refractivity contribution in [2.45, 2.75) is 13.0 Å². The van der Waals surface area contributed by atoms with Gasteiger partial charge in [-0.05, 0) is 24.7 Å². The van der Waals surface area contributed by atoms with Gasteiger partial charge in [-0.3, -0.25) is 0 Å². The summed E-state index contributed by atoms with van der Waals surface area (Å²) in [7, 11) is 1.97. The summed E-state index contributed by atoms with van der Waals surface area (Å²) >= 11 is 1.76. The summed E-state index contributed by atoms with van der Waals surface area (Å²) < 4.78 is 0. The summed E-state index contributed by atoms with van der Waals surface area (Å²) in [6.45, 7) is 2.15. The molecule has 96 valence electrons. The fraction of sp³-hybridized carbons (Fsp3) is 0.188. The minimum absolute atomic E-state index is 0.348. The summed E-state index contributed by atoms with van der Waals surface area (Å²) in [6.07, 6.45) is 1.98. The zero-order valence-corrected chi connectivity index (χ0v) is 11.9. The second-order valence-corrected chi connectivity index (χ2v) is 5.67. The van der Waals surface area contributed by atoms with Crippen LogP contribution in [0.15, 0.2) is 48.7 Å². The summed E-state index contributed by atoms with van der Waals surface area (Å²) in [5.41, 5.74) is 1.22. The first-order chi connectivity index (χ1) is 9.29. The summed E-state index contributed by atoms with van der Waals surface area (Å²) in [6, 6.07) is 15.2. The van der Waals surface area contributed by atoms with Gasteiger partial charge in [0, 0.05) is 22.7 Å². The molecule has 3 rings (SSSR count). The Morgan fingerprint density at radius 3 is 2.74 bits per heavy atom. The molecule has 2 aromatic carbocycles. The average molecular weight is 268 g/mol. The molecule has 19 heavy (non-hydrogen) atoms. The van der Waals surface area contributed by atoms with Crippen molar-refractivity contribution in [1.29, 1.82) is 0 Å². The van der Waals surface area contributed by atoms with Gasteiger partial charge in [0.1, 0.15) is 5.01 Å². The van der Waals surface area contributed by atoms with Gasteiger partial charge in [0.2, 0.25) is 0 Å². The lowest BCUT2D eigenvalue weighted by Crippen LogP contribution is -2.10. The smallest absolute Gasteiger partial charge is 0.124 e. The third-order valence-electron chi connectivity index (χ3n) is 3.40. The lowest BCUT2D eigenvalue weighted by molar-refractivity contribution is 0.662. The van der Waals surface area contributed by atoms with Crippen LogP contribution in [0.3, 0.4) is 0 Å². The Balaban J connectivity index is 2.12. The Kier molecular flexibility index (Phi) is 3.32. The van der Waals surface area contributed by atoms with Crippen molar-refractivity contribution in [2.24, 2.45) is 0 Å². The number of nitrogens with zero attached hydrogens (tertiary/aromatic N) is 1. The van der Waals surface area contributed by atoms with Gasteiger partial charge in [0.05, 0.1) is 0 Å². The molecule has 0 radical (unpaired) electrons. The number of thiazole rings is 1. The molecule has 0 aliphatic heterocycles. The molecule has 3 aromatic rings. The molecule has 1 aromatic heterocycles. The molecule has 1 atom stereocenters. The highest BCUT2D eigenvalue weighted by Crippen LogP contribution is 2.33. The Labute approximate surface area is 117 Å². The molecule has 0 aliphatic carbocycles. The Hall–Kier alpha value is -1.71. The van der Waals surface area contributed by atoms with Crippen molar-refractivity contribution < 1.29 is 0 Å². The maximum atomic E-state index is 4.58. The first kappa shape index (κ1) is 12.3. The highest BCUT2D eigenvalue weighted by molar-refractivity contribution is 7.15. The average Bonchev–Trinajstić information content (AvgIpc) is 2.95. The number of aromatic nitrogens is 1. The number of fused-ring (bicyclic) bond motifs is 1. The van der Waals surface area contributed by atoms with Gasteiger partial charge >= 0.3 is 0 Å². The Morgan fingerprint density at radius 2 is 1.89 bits per heavy atom. The van der Waals surface area contributed by atoms with Crippen molar-refractivity contribution in [1.82, 2.24) is 10.3 Å². The summed E-state index contributed by atoms with van der Waals surface area (Å²) in [5.74, 6) is 0. The molecular weight excluding hydrogens is 252 g/mol. The molecule has 0 aliphatic rings. The molecule has 2 nitrogen and oxygen atoms in total. The van der Waals surface area contributed by atoms with Crippen molar-refractivity contribution in [3.63, 3.8) is 0 Å². The molecule has 1 unspecified atom stereocenters. The first-order valence-electron chi connectivity index (χ1n) is 6.40. The molecule has 0 fully saturated rings. The van der Waals surface area contributed by atoms with Crippen LogP contribution in [-0.4, -0.2) is 12.0 Å². The van der Waals surface area contributed by atoms with Crippen LogP contribution in [0.25, 0.3) is 21.3 Å².